The number of carbonyl (C=O) groups excluding carboxylic acids is 1. The summed E-state index contributed by atoms with van der Waals surface area (Å²) in [5.41, 5.74) is -0.805. The van der Waals surface area contributed by atoms with Gasteiger partial charge < -0.3 is 14.0 Å². The van der Waals surface area contributed by atoms with E-state index in [1.807, 2.05) is 48.5 Å². The van der Waals surface area contributed by atoms with Gasteiger partial charge in [0.1, 0.15) is 5.60 Å². The predicted molar refractivity (Wildman–Crippen MR) is 75.7 cm³/mol. The topological polar surface area (TPSA) is 44.8 Å². The first kappa shape index (κ1) is 16.2. The molecule has 0 aromatic carbocycles. The van der Waals surface area contributed by atoms with Gasteiger partial charge in [0.2, 0.25) is 0 Å². The van der Waals surface area contributed by atoms with Gasteiger partial charge in [-0.05, 0) is 61.4 Å². The van der Waals surface area contributed by atoms with E-state index in [4.69, 9.17) is 14.0 Å². The minimum atomic E-state index is -0.516. The van der Waals surface area contributed by atoms with E-state index in [9.17, 15) is 4.79 Å². The molecule has 0 amide bonds. The summed E-state index contributed by atoms with van der Waals surface area (Å²) in [6, 6.07) is 0. The van der Waals surface area contributed by atoms with Crippen LogP contribution in [0.3, 0.4) is 0 Å². The summed E-state index contributed by atoms with van der Waals surface area (Å²) in [6.45, 7) is 15.1. The fourth-order valence-corrected chi connectivity index (χ4v) is 1.59. The minimum Gasteiger partial charge on any atom is -0.457 e. The Labute approximate surface area is 116 Å². The summed E-state index contributed by atoms with van der Waals surface area (Å²) in [6.07, 6.45) is 0. The van der Waals surface area contributed by atoms with E-state index >= 15 is 0 Å². The van der Waals surface area contributed by atoms with Crippen LogP contribution in [0.4, 0.5) is 0 Å². The second-order valence-corrected chi connectivity index (χ2v) is 6.98. The maximum Gasteiger partial charge on any atom is 0.487 e. The lowest BCUT2D eigenvalue weighted by molar-refractivity contribution is -0.149. The molecular weight excluding hydrogens is 243 g/mol. The molecule has 1 saturated heterocycles. The van der Waals surface area contributed by atoms with E-state index in [-0.39, 0.29) is 5.97 Å². The average molecular weight is 268 g/mol. The van der Waals surface area contributed by atoms with Gasteiger partial charge in [0.15, 0.2) is 0 Å². The zero-order valence-corrected chi connectivity index (χ0v) is 13.3. The molecule has 0 radical (unpaired) electrons. The first-order chi connectivity index (χ1) is 8.34. The Morgan fingerprint density at radius 3 is 1.89 bits per heavy atom. The average Bonchev–Trinajstić information content (AvgIpc) is 2.31. The molecule has 5 heteroatoms. The molecule has 0 unspecified atom stereocenters. The van der Waals surface area contributed by atoms with Crippen molar-refractivity contribution in [3.8, 4) is 0 Å². The molecule has 1 heterocycles. The van der Waals surface area contributed by atoms with E-state index in [1.54, 1.807) is 12.9 Å². The van der Waals surface area contributed by atoms with Gasteiger partial charge in [0, 0.05) is 5.57 Å². The Bertz CT molecular complexity index is 375. The highest BCUT2D eigenvalue weighted by molar-refractivity contribution is 6.52. The number of esters is 1. The zero-order valence-electron chi connectivity index (χ0n) is 13.3. The second kappa shape index (κ2) is 4.95. The van der Waals surface area contributed by atoms with Crippen molar-refractivity contribution in [1.82, 2.24) is 0 Å². The van der Waals surface area contributed by atoms with Gasteiger partial charge in [-0.25, -0.2) is 4.79 Å². The van der Waals surface area contributed by atoms with Crippen molar-refractivity contribution in [3.63, 3.8) is 0 Å². The van der Waals surface area contributed by atoms with Crippen LogP contribution in [0.15, 0.2) is 11.5 Å². The SMILES string of the molecule is C/C(=C\B1OC(C)(C)C(C)(C)O1)C(=O)OC(C)(C)C. The standard InChI is InChI=1S/C14H25BO4/c1-10(11(16)17-12(2,3)4)9-15-18-13(5,6)14(7,8)19-15/h9H,1-8H3/b10-9+. The Morgan fingerprint density at radius 2 is 1.53 bits per heavy atom. The van der Waals surface area contributed by atoms with E-state index < -0.39 is 23.9 Å². The van der Waals surface area contributed by atoms with Crippen molar-refractivity contribution in [2.75, 3.05) is 0 Å². The Morgan fingerprint density at radius 1 is 1.11 bits per heavy atom. The Kier molecular flexibility index (Phi) is 4.23. The molecule has 0 N–H and O–H groups in total. The van der Waals surface area contributed by atoms with E-state index in [2.05, 4.69) is 0 Å². The van der Waals surface area contributed by atoms with Gasteiger partial charge in [-0.2, -0.15) is 0 Å². The molecule has 1 aliphatic rings. The smallest absolute Gasteiger partial charge is 0.457 e. The van der Waals surface area contributed by atoms with Crippen LogP contribution in [0.2, 0.25) is 0 Å². The maximum atomic E-state index is 11.9. The summed E-state index contributed by atoms with van der Waals surface area (Å²) < 4.78 is 16.9. The van der Waals surface area contributed by atoms with Crippen molar-refractivity contribution in [3.05, 3.63) is 11.5 Å². The van der Waals surface area contributed by atoms with Crippen molar-refractivity contribution in [1.29, 1.82) is 0 Å². The lowest BCUT2D eigenvalue weighted by Gasteiger charge is -2.32. The molecular formula is C14H25BO4. The molecule has 0 aromatic rings. The number of ether oxygens (including phenoxy) is 1. The highest BCUT2D eigenvalue weighted by Gasteiger charge is 2.50. The fraction of sp³-hybridized carbons (Fsp3) is 0.786. The third kappa shape index (κ3) is 4.08. The molecule has 4 nitrogen and oxygen atoms in total. The van der Waals surface area contributed by atoms with Crippen LogP contribution in [-0.4, -0.2) is 29.9 Å². The monoisotopic (exact) mass is 268 g/mol. The van der Waals surface area contributed by atoms with Crippen LogP contribution in [-0.2, 0) is 18.8 Å². The largest absolute Gasteiger partial charge is 0.487 e. The third-order valence-corrected chi connectivity index (χ3v) is 3.38. The van der Waals surface area contributed by atoms with E-state index in [1.165, 1.54) is 0 Å². The van der Waals surface area contributed by atoms with Gasteiger partial charge in [-0.15, -0.1) is 0 Å². The number of carbonyl (C=O) groups is 1. The van der Waals surface area contributed by atoms with Gasteiger partial charge >= 0.3 is 13.1 Å². The lowest BCUT2D eigenvalue weighted by Crippen LogP contribution is -2.41. The molecule has 108 valence electrons. The molecule has 0 aromatic heterocycles. The molecule has 1 fully saturated rings. The molecule has 0 spiro atoms. The van der Waals surface area contributed by atoms with E-state index in [0.717, 1.165) is 0 Å². The van der Waals surface area contributed by atoms with Gasteiger partial charge in [0.25, 0.3) is 0 Å². The molecule has 0 aliphatic carbocycles. The van der Waals surface area contributed by atoms with Gasteiger partial charge in [0.05, 0.1) is 11.2 Å². The van der Waals surface area contributed by atoms with Crippen LogP contribution in [0.5, 0.6) is 0 Å². The van der Waals surface area contributed by atoms with Crippen molar-refractivity contribution in [2.45, 2.75) is 72.2 Å². The number of hydrogen-bond donors (Lipinski definition) is 0. The summed E-state index contributed by atoms with van der Waals surface area (Å²) in [5.74, 6) is 1.33. The number of rotatable bonds is 2. The Hall–Kier alpha value is -0.805. The normalized spacial score (nSPS) is 22.5. The second-order valence-electron chi connectivity index (χ2n) is 6.98. The lowest BCUT2D eigenvalue weighted by atomic mass is 9.87. The van der Waals surface area contributed by atoms with Crippen molar-refractivity contribution in [2.24, 2.45) is 0 Å². The van der Waals surface area contributed by atoms with Crippen LogP contribution in [0.1, 0.15) is 55.4 Å². The summed E-state index contributed by atoms with van der Waals surface area (Å²) in [7, 11) is -0.516. The van der Waals surface area contributed by atoms with Crippen LogP contribution >= 0.6 is 0 Å². The van der Waals surface area contributed by atoms with Crippen molar-refractivity contribution < 1.29 is 18.8 Å². The highest BCUT2D eigenvalue weighted by atomic mass is 16.7. The molecule has 0 atom stereocenters. The summed E-state index contributed by atoms with van der Waals surface area (Å²) in [4.78, 5) is 11.9. The molecule has 1 aliphatic heterocycles. The van der Waals surface area contributed by atoms with Crippen molar-refractivity contribution >= 4 is 13.1 Å². The molecule has 0 saturated carbocycles. The quantitative estimate of drug-likeness (QED) is 0.439. The third-order valence-electron chi connectivity index (χ3n) is 3.38. The Balaban J connectivity index is 2.75. The molecule has 19 heavy (non-hydrogen) atoms. The van der Waals surface area contributed by atoms with Crippen LogP contribution in [0.25, 0.3) is 0 Å². The van der Waals surface area contributed by atoms with Crippen LogP contribution in [0, 0.1) is 0 Å². The van der Waals surface area contributed by atoms with Gasteiger partial charge in [-0.3, -0.25) is 0 Å². The summed E-state index contributed by atoms with van der Waals surface area (Å²) >= 11 is 0. The van der Waals surface area contributed by atoms with Gasteiger partial charge in [-0.1, -0.05) is 0 Å². The highest BCUT2D eigenvalue weighted by Crippen LogP contribution is 2.37. The summed E-state index contributed by atoms with van der Waals surface area (Å²) in [5, 5.41) is 0. The van der Waals surface area contributed by atoms with Crippen LogP contribution < -0.4 is 0 Å². The molecule has 1 rings (SSSR count). The fourth-order valence-electron chi connectivity index (χ4n) is 1.59. The zero-order chi connectivity index (χ0) is 15.1. The minimum absolute atomic E-state index is 0.345. The predicted octanol–water partition coefficient (Wildman–Crippen LogP) is 2.91. The number of hydrogen-bond acceptors (Lipinski definition) is 4. The first-order valence-electron chi connectivity index (χ1n) is 6.61. The molecule has 0 bridgehead atoms. The maximum absolute atomic E-state index is 11.9. The van der Waals surface area contributed by atoms with E-state index in [0.29, 0.717) is 5.57 Å². The first-order valence-corrected chi connectivity index (χ1v) is 6.61.